The lowest BCUT2D eigenvalue weighted by Gasteiger charge is -2.35. The zero-order chi connectivity index (χ0) is 20.1. The quantitative estimate of drug-likeness (QED) is 0.643. The number of ether oxygens (including phenoxy) is 2. The van der Waals surface area contributed by atoms with Crippen LogP contribution < -0.4 is 4.74 Å². The second kappa shape index (κ2) is 9.24. The molecule has 0 bridgehead atoms. The lowest BCUT2D eigenvalue weighted by molar-refractivity contribution is -0.136. The summed E-state index contributed by atoms with van der Waals surface area (Å²) in [6.45, 7) is 4.33. The Balaban J connectivity index is 1.62. The molecular weight excluding hydrogens is 380 g/mol. The Kier molecular flexibility index (Phi) is 6.95. The van der Waals surface area contributed by atoms with Gasteiger partial charge in [0.15, 0.2) is 0 Å². The van der Waals surface area contributed by atoms with E-state index in [4.69, 9.17) is 9.47 Å². The fourth-order valence-corrected chi connectivity index (χ4v) is 5.42. The molecule has 2 aliphatic rings. The second-order valence-electron chi connectivity index (χ2n) is 7.48. The van der Waals surface area contributed by atoms with Crippen LogP contribution in [0.5, 0.6) is 5.75 Å². The van der Waals surface area contributed by atoms with Crippen molar-refractivity contribution >= 4 is 15.9 Å². The normalized spacial score (nSPS) is 19.1. The van der Waals surface area contributed by atoms with Gasteiger partial charge in [-0.05, 0) is 43.5 Å². The molecule has 1 heterocycles. The first-order chi connectivity index (χ1) is 13.4. The van der Waals surface area contributed by atoms with Crippen LogP contribution in [0.4, 0.5) is 0 Å². The van der Waals surface area contributed by atoms with E-state index < -0.39 is 10.0 Å². The molecule has 0 radical (unpaired) electrons. The summed E-state index contributed by atoms with van der Waals surface area (Å²) in [4.78, 5) is 14.6. The van der Waals surface area contributed by atoms with Gasteiger partial charge in [0.05, 0.1) is 11.5 Å². The minimum atomic E-state index is -3.58. The SMILES string of the molecule is COCCOc1ccc(S(=O)(=O)N2CCN(C(=O)C3CCCC3)CC2)cc1C. The van der Waals surface area contributed by atoms with Gasteiger partial charge < -0.3 is 14.4 Å². The number of benzene rings is 1. The summed E-state index contributed by atoms with van der Waals surface area (Å²) in [6.07, 6.45) is 4.18. The van der Waals surface area contributed by atoms with Gasteiger partial charge in [0.2, 0.25) is 15.9 Å². The molecule has 0 spiro atoms. The summed E-state index contributed by atoms with van der Waals surface area (Å²) >= 11 is 0. The van der Waals surface area contributed by atoms with Crippen molar-refractivity contribution in [3.63, 3.8) is 0 Å². The highest BCUT2D eigenvalue weighted by atomic mass is 32.2. The Morgan fingerprint density at radius 2 is 1.79 bits per heavy atom. The van der Waals surface area contributed by atoms with Gasteiger partial charge in [-0.25, -0.2) is 8.42 Å². The molecule has 0 atom stereocenters. The van der Waals surface area contributed by atoms with Gasteiger partial charge in [-0.3, -0.25) is 4.79 Å². The first-order valence-electron chi connectivity index (χ1n) is 9.95. The van der Waals surface area contributed by atoms with Gasteiger partial charge in [-0.15, -0.1) is 0 Å². The van der Waals surface area contributed by atoms with Gasteiger partial charge in [0, 0.05) is 39.2 Å². The van der Waals surface area contributed by atoms with E-state index in [2.05, 4.69) is 0 Å². The van der Waals surface area contributed by atoms with E-state index in [1.165, 1.54) is 4.31 Å². The summed E-state index contributed by atoms with van der Waals surface area (Å²) in [6, 6.07) is 4.92. The Morgan fingerprint density at radius 3 is 2.39 bits per heavy atom. The Labute approximate surface area is 167 Å². The molecule has 2 fully saturated rings. The highest BCUT2D eigenvalue weighted by molar-refractivity contribution is 7.89. The molecule has 0 N–H and O–H groups in total. The smallest absolute Gasteiger partial charge is 0.243 e. The van der Waals surface area contributed by atoms with Gasteiger partial charge in [-0.2, -0.15) is 4.31 Å². The van der Waals surface area contributed by atoms with Crippen molar-refractivity contribution in [2.45, 2.75) is 37.5 Å². The van der Waals surface area contributed by atoms with E-state index in [0.717, 1.165) is 31.2 Å². The minimum absolute atomic E-state index is 0.136. The number of carbonyl (C=O) groups is 1. The van der Waals surface area contributed by atoms with E-state index >= 15 is 0 Å². The van der Waals surface area contributed by atoms with Crippen molar-refractivity contribution in [2.24, 2.45) is 5.92 Å². The standard InChI is InChI=1S/C20H30N2O5S/c1-16-15-18(7-8-19(16)27-14-13-26-2)28(24,25)22-11-9-21(10-12-22)20(23)17-5-3-4-6-17/h7-8,15,17H,3-6,9-14H2,1-2H3. The molecule has 1 saturated heterocycles. The van der Waals surface area contributed by atoms with Crippen molar-refractivity contribution in [3.8, 4) is 5.75 Å². The van der Waals surface area contributed by atoms with Gasteiger partial charge in [0.1, 0.15) is 12.4 Å². The third-order valence-corrected chi connectivity index (χ3v) is 7.48. The minimum Gasteiger partial charge on any atom is -0.491 e. The number of amides is 1. The van der Waals surface area contributed by atoms with Crippen molar-refractivity contribution in [3.05, 3.63) is 23.8 Å². The van der Waals surface area contributed by atoms with Crippen molar-refractivity contribution in [1.29, 1.82) is 0 Å². The number of piperazine rings is 1. The number of rotatable bonds is 7. The molecule has 0 aromatic heterocycles. The number of carbonyl (C=O) groups excluding carboxylic acids is 1. The maximum atomic E-state index is 13.0. The van der Waals surface area contributed by atoms with E-state index in [9.17, 15) is 13.2 Å². The monoisotopic (exact) mass is 410 g/mol. The molecule has 1 aromatic carbocycles. The molecule has 1 saturated carbocycles. The molecule has 8 heteroatoms. The highest BCUT2D eigenvalue weighted by Crippen LogP contribution is 2.28. The summed E-state index contributed by atoms with van der Waals surface area (Å²) in [5.41, 5.74) is 0.771. The average Bonchev–Trinajstić information content (AvgIpc) is 3.23. The van der Waals surface area contributed by atoms with Crippen LogP contribution in [-0.2, 0) is 19.6 Å². The average molecular weight is 411 g/mol. The van der Waals surface area contributed by atoms with Crippen LogP contribution in [0.3, 0.4) is 0 Å². The lowest BCUT2D eigenvalue weighted by atomic mass is 10.1. The molecular formula is C20H30N2O5S. The summed E-state index contributed by atoms with van der Waals surface area (Å²) in [5, 5.41) is 0. The topological polar surface area (TPSA) is 76.2 Å². The second-order valence-corrected chi connectivity index (χ2v) is 9.42. The van der Waals surface area contributed by atoms with Crippen molar-refractivity contribution in [2.75, 3.05) is 46.5 Å². The third-order valence-electron chi connectivity index (χ3n) is 5.58. The number of hydrogen-bond acceptors (Lipinski definition) is 5. The lowest BCUT2D eigenvalue weighted by Crippen LogP contribution is -2.51. The number of nitrogens with zero attached hydrogens (tertiary/aromatic N) is 2. The number of aryl methyl sites for hydroxylation is 1. The summed E-state index contributed by atoms with van der Waals surface area (Å²) in [5.74, 6) is 0.988. The Bertz CT molecular complexity index is 782. The van der Waals surface area contributed by atoms with E-state index in [1.54, 1.807) is 25.3 Å². The van der Waals surface area contributed by atoms with E-state index in [1.807, 2.05) is 11.8 Å². The summed E-state index contributed by atoms with van der Waals surface area (Å²) < 4.78 is 38.1. The van der Waals surface area contributed by atoms with Gasteiger partial charge in [-0.1, -0.05) is 12.8 Å². The van der Waals surface area contributed by atoms with Gasteiger partial charge in [0.25, 0.3) is 0 Å². The maximum Gasteiger partial charge on any atom is 0.243 e. The van der Waals surface area contributed by atoms with Crippen LogP contribution in [0.2, 0.25) is 0 Å². The van der Waals surface area contributed by atoms with Crippen LogP contribution >= 0.6 is 0 Å². The van der Waals surface area contributed by atoms with Crippen molar-refractivity contribution in [1.82, 2.24) is 9.21 Å². The fraction of sp³-hybridized carbons (Fsp3) is 0.650. The maximum absolute atomic E-state index is 13.0. The molecule has 0 unspecified atom stereocenters. The van der Waals surface area contributed by atoms with Crippen LogP contribution in [0.15, 0.2) is 23.1 Å². The largest absolute Gasteiger partial charge is 0.491 e. The number of hydrogen-bond donors (Lipinski definition) is 0. The molecule has 1 aliphatic heterocycles. The third kappa shape index (κ3) is 4.67. The van der Waals surface area contributed by atoms with Crippen LogP contribution in [-0.4, -0.2) is 70.0 Å². The van der Waals surface area contributed by atoms with Gasteiger partial charge >= 0.3 is 0 Å². The number of methoxy groups -OCH3 is 1. The summed E-state index contributed by atoms with van der Waals surface area (Å²) in [7, 11) is -1.98. The zero-order valence-corrected chi connectivity index (χ0v) is 17.5. The molecule has 1 aromatic rings. The molecule has 3 rings (SSSR count). The first-order valence-corrected chi connectivity index (χ1v) is 11.4. The zero-order valence-electron chi connectivity index (χ0n) is 16.7. The van der Waals surface area contributed by atoms with E-state index in [0.29, 0.717) is 45.1 Å². The Hall–Kier alpha value is -1.64. The highest BCUT2D eigenvalue weighted by Gasteiger charge is 2.33. The van der Waals surface area contributed by atoms with Crippen molar-refractivity contribution < 1.29 is 22.7 Å². The predicted octanol–water partition coefficient (Wildman–Crippen LogP) is 2.04. The number of sulfonamides is 1. The van der Waals surface area contributed by atoms with E-state index in [-0.39, 0.29) is 16.7 Å². The molecule has 28 heavy (non-hydrogen) atoms. The molecule has 7 nitrogen and oxygen atoms in total. The fourth-order valence-electron chi connectivity index (χ4n) is 3.91. The first kappa shape index (κ1) is 21.1. The van der Waals surface area contributed by atoms with Crippen LogP contribution in [0, 0.1) is 12.8 Å². The Morgan fingerprint density at radius 1 is 1.11 bits per heavy atom. The predicted molar refractivity (Wildman–Crippen MR) is 106 cm³/mol. The molecule has 156 valence electrons. The molecule has 1 amide bonds. The van der Waals surface area contributed by atoms with Crippen LogP contribution in [0.1, 0.15) is 31.2 Å². The molecule has 1 aliphatic carbocycles. The van der Waals surface area contributed by atoms with Crippen LogP contribution in [0.25, 0.3) is 0 Å².